The molecule has 2 rings (SSSR count). The van der Waals surface area contributed by atoms with Gasteiger partial charge in [0.1, 0.15) is 0 Å². The summed E-state index contributed by atoms with van der Waals surface area (Å²) in [7, 11) is 4.01. The van der Waals surface area contributed by atoms with Crippen LogP contribution in [0.1, 0.15) is 12.5 Å². The molecule has 0 saturated heterocycles. The Morgan fingerprint density at radius 1 is 1.04 bits per heavy atom. The Labute approximate surface area is 169 Å². The summed E-state index contributed by atoms with van der Waals surface area (Å²) < 4.78 is 0. The quantitative estimate of drug-likeness (QED) is 0.678. The summed E-state index contributed by atoms with van der Waals surface area (Å²) in [5.74, 6) is -0.178. The zero-order chi connectivity index (χ0) is 19.3. The van der Waals surface area contributed by atoms with Crippen LogP contribution in [0.5, 0.6) is 0 Å². The van der Waals surface area contributed by atoms with Crippen LogP contribution in [-0.4, -0.2) is 38.0 Å². The van der Waals surface area contributed by atoms with E-state index in [0.717, 1.165) is 17.8 Å². The molecule has 0 aliphatic rings. The number of carbonyl (C=O) groups excluding carboxylic acids is 1. The largest absolute Gasteiger partial charge is 0.378 e. The maximum Gasteiger partial charge on any atom is 0.238 e. The molecule has 0 fully saturated rings. The molecule has 0 atom stereocenters. The van der Waals surface area contributed by atoms with Crippen LogP contribution in [-0.2, 0) is 11.3 Å². The Kier molecular flexibility index (Phi) is 7.59. The summed E-state index contributed by atoms with van der Waals surface area (Å²) in [5, 5.41) is 3.83. The van der Waals surface area contributed by atoms with E-state index in [0.29, 0.717) is 27.3 Å². The minimum Gasteiger partial charge on any atom is -0.378 e. The van der Waals surface area contributed by atoms with Crippen molar-refractivity contribution in [3.8, 4) is 0 Å². The highest BCUT2D eigenvalue weighted by Gasteiger charge is 2.14. The van der Waals surface area contributed by atoms with Crippen molar-refractivity contribution in [2.45, 2.75) is 13.5 Å². The highest BCUT2D eigenvalue weighted by Crippen LogP contribution is 2.33. The van der Waals surface area contributed by atoms with Crippen LogP contribution < -0.4 is 10.2 Å². The number of likely N-dealkylation sites (N-methyl/N-ethyl adjacent to an activating group) is 1. The number of halogens is 3. The first-order valence-corrected chi connectivity index (χ1v) is 9.36. The second kappa shape index (κ2) is 9.47. The van der Waals surface area contributed by atoms with E-state index in [4.69, 9.17) is 34.8 Å². The SMILES string of the molecule is CCN(CC(=O)Nc1c(Cl)cc(Cl)cc1Cl)Cc1ccc(N(C)C)cc1. The van der Waals surface area contributed by atoms with Crippen LogP contribution in [0.25, 0.3) is 0 Å². The molecule has 7 heteroatoms. The lowest BCUT2D eigenvalue weighted by Gasteiger charge is -2.21. The summed E-state index contributed by atoms with van der Waals surface area (Å²) in [6.07, 6.45) is 0. The number of rotatable bonds is 7. The Hall–Kier alpha value is -1.46. The molecule has 0 spiro atoms. The summed E-state index contributed by atoms with van der Waals surface area (Å²) in [6, 6.07) is 11.4. The van der Waals surface area contributed by atoms with E-state index in [1.807, 2.05) is 25.9 Å². The van der Waals surface area contributed by atoms with Gasteiger partial charge in [0, 0.05) is 31.4 Å². The van der Waals surface area contributed by atoms with E-state index >= 15 is 0 Å². The smallest absolute Gasteiger partial charge is 0.238 e. The fraction of sp³-hybridized carbons (Fsp3) is 0.316. The number of nitrogens with zero attached hydrogens (tertiary/aromatic N) is 2. The number of hydrogen-bond donors (Lipinski definition) is 1. The molecule has 0 heterocycles. The fourth-order valence-electron chi connectivity index (χ4n) is 2.48. The van der Waals surface area contributed by atoms with Crippen LogP contribution in [0.3, 0.4) is 0 Å². The molecule has 4 nitrogen and oxygen atoms in total. The molecular weight excluding hydrogens is 393 g/mol. The van der Waals surface area contributed by atoms with E-state index in [9.17, 15) is 4.79 Å². The van der Waals surface area contributed by atoms with E-state index in [2.05, 4.69) is 34.5 Å². The summed E-state index contributed by atoms with van der Waals surface area (Å²) >= 11 is 18.1. The predicted molar refractivity (Wildman–Crippen MR) is 112 cm³/mol. The van der Waals surface area contributed by atoms with Crippen molar-refractivity contribution in [3.63, 3.8) is 0 Å². The normalized spacial score (nSPS) is 10.9. The number of anilines is 2. The lowest BCUT2D eigenvalue weighted by Crippen LogP contribution is -2.32. The molecule has 0 aromatic heterocycles. The standard InChI is InChI=1S/C19H22Cl3N3O/c1-4-25(11-13-5-7-15(8-6-13)24(2)3)12-18(26)23-19-16(21)9-14(20)10-17(19)22/h5-10H,4,11-12H2,1-3H3,(H,23,26). The minimum absolute atomic E-state index is 0.178. The predicted octanol–water partition coefficient (Wildman–Crippen LogP) is 5.17. The summed E-state index contributed by atoms with van der Waals surface area (Å²) in [4.78, 5) is 16.5. The topological polar surface area (TPSA) is 35.6 Å². The Morgan fingerprint density at radius 2 is 1.62 bits per heavy atom. The van der Waals surface area contributed by atoms with Crippen molar-refractivity contribution in [1.29, 1.82) is 0 Å². The zero-order valence-electron chi connectivity index (χ0n) is 15.0. The number of carbonyl (C=O) groups is 1. The average Bonchev–Trinajstić information content (AvgIpc) is 2.58. The maximum atomic E-state index is 12.4. The molecule has 0 saturated carbocycles. The lowest BCUT2D eigenvalue weighted by molar-refractivity contribution is -0.117. The van der Waals surface area contributed by atoms with Gasteiger partial charge in [0.2, 0.25) is 5.91 Å². The van der Waals surface area contributed by atoms with Gasteiger partial charge in [0.05, 0.1) is 22.3 Å². The van der Waals surface area contributed by atoms with Crippen LogP contribution in [0.2, 0.25) is 15.1 Å². The molecule has 0 unspecified atom stereocenters. The lowest BCUT2D eigenvalue weighted by atomic mass is 10.2. The number of amides is 1. The Morgan fingerprint density at radius 3 is 2.12 bits per heavy atom. The third-order valence-corrected chi connectivity index (χ3v) is 4.76. The highest BCUT2D eigenvalue weighted by molar-refractivity contribution is 6.42. The second-order valence-corrected chi connectivity index (χ2v) is 7.41. The molecular formula is C19H22Cl3N3O. The zero-order valence-corrected chi connectivity index (χ0v) is 17.3. The first-order valence-electron chi connectivity index (χ1n) is 8.23. The van der Waals surface area contributed by atoms with Crippen LogP contribution >= 0.6 is 34.8 Å². The third-order valence-electron chi connectivity index (χ3n) is 3.94. The van der Waals surface area contributed by atoms with E-state index < -0.39 is 0 Å². The number of hydrogen-bond acceptors (Lipinski definition) is 3. The molecule has 140 valence electrons. The summed E-state index contributed by atoms with van der Waals surface area (Å²) in [6.45, 7) is 3.68. The van der Waals surface area contributed by atoms with Gasteiger partial charge in [0.15, 0.2) is 0 Å². The molecule has 2 aromatic carbocycles. The van der Waals surface area contributed by atoms with Gasteiger partial charge in [-0.25, -0.2) is 0 Å². The van der Waals surface area contributed by atoms with Crippen molar-refractivity contribution in [2.75, 3.05) is 37.4 Å². The first-order chi connectivity index (χ1) is 12.3. The van der Waals surface area contributed by atoms with Crippen molar-refractivity contribution >= 4 is 52.1 Å². The average molecular weight is 415 g/mol. The molecule has 0 radical (unpaired) electrons. The molecule has 0 bridgehead atoms. The first kappa shape index (κ1) is 20.8. The van der Waals surface area contributed by atoms with Crippen LogP contribution in [0.15, 0.2) is 36.4 Å². The van der Waals surface area contributed by atoms with E-state index in [1.54, 1.807) is 12.1 Å². The molecule has 0 aliphatic carbocycles. The highest BCUT2D eigenvalue weighted by atomic mass is 35.5. The van der Waals surface area contributed by atoms with Crippen LogP contribution in [0.4, 0.5) is 11.4 Å². The van der Waals surface area contributed by atoms with Crippen molar-refractivity contribution in [3.05, 3.63) is 57.0 Å². The maximum absolute atomic E-state index is 12.4. The number of benzene rings is 2. The molecule has 1 N–H and O–H groups in total. The Bertz CT molecular complexity index is 740. The van der Waals surface area contributed by atoms with Gasteiger partial charge in [0.25, 0.3) is 0 Å². The van der Waals surface area contributed by atoms with Gasteiger partial charge >= 0.3 is 0 Å². The van der Waals surface area contributed by atoms with Crippen molar-refractivity contribution in [1.82, 2.24) is 4.90 Å². The Balaban J connectivity index is 2.00. The second-order valence-electron chi connectivity index (χ2n) is 6.16. The van der Waals surface area contributed by atoms with Gasteiger partial charge in [-0.1, -0.05) is 53.9 Å². The van der Waals surface area contributed by atoms with Gasteiger partial charge < -0.3 is 10.2 Å². The van der Waals surface area contributed by atoms with Gasteiger partial charge in [-0.05, 0) is 36.4 Å². The minimum atomic E-state index is -0.178. The molecule has 2 aromatic rings. The summed E-state index contributed by atoms with van der Waals surface area (Å²) in [5.41, 5.74) is 2.67. The van der Waals surface area contributed by atoms with Gasteiger partial charge in [-0.15, -0.1) is 0 Å². The third kappa shape index (κ3) is 5.78. The van der Waals surface area contributed by atoms with Crippen molar-refractivity contribution in [2.24, 2.45) is 0 Å². The molecule has 26 heavy (non-hydrogen) atoms. The van der Waals surface area contributed by atoms with Crippen LogP contribution in [0, 0.1) is 0 Å². The van der Waals surface area contributed by atoms with E-state index in [-0.39, 0.29) is 12.5 Å². The molecule has 1 amide bonds. The van der Waals surface area contributed by atoms with E-state index in [1.165, 1.54) is 0 Å². The van der Waals surface area contributed by atoms with Gasteiger partial charge in [-0.3, -0.25) is 9.69 Å². The number of nitrogens with one attached hydrogen (secondary N) is 1. The molecule has 0 aliphatic heterocycles. The van der Waals surface area contributed by atoms with Gasteiger partial charge in [-0.2, -0.15) is 0 Å². The van der Waals surface area contributed by atoms with Crippen molar-refractivity contribution < 1.29 is 4.79 Å². The fourth-order valence-corrected chi connectivity index (χ4v) is 3.39. The monoisotopic (exact) mass is 413 g/mol.